The number of benzene rings is 2. The summed E-state index contributed by atoms with van der Waals surface area (Å²) in [5.41, 5.74) is 9.51. The molecule has 2 aromatic rings. The number of nitrogens with one attached hydrogen (secondary N) is 3. The van der Waals surface area contributed by atoms with E-state index in [1.165, 1.54) is 19.2 Å². The zero-order chi connectivity index (χ0) is 32.6. The fourth-order valence-electron chi connectivity index (χ4n) is 3.70. The maximum absolute atomic E-state index is 11.8. The summed E-state index contributed by atoms with van der Waals surface area (Å²) in [6.45, 7) is 2.66. The molecule has 0 aliphatic rings. The van der Waals surface area contributed by atoms with Gasteiger partial charge in [0, 0.05) is 42.9 Å². The molecule has 0 unspecified atom stereocenters. The molecule has 0 heterocycles. The van der Waals surface area contributed by atoms with Crippen LogP contribution in [0.2, 0.25) is 0 Å². The van der Waals surface area contributed by atoms with E-state index in [1.54, 1.807) is 12.2 Å². The van der Waals surface area contributed by atoms with Crippen molar-refractivity contribution in [1.29, 1.82) is 0 Å². The second-order valence-corrected chi connectivity index (χ2v) is 9.04. The Kier molecular flexibility index (Phi) is 13.7. The number of anilines is 2. The van der Waals surface area contributed by atoms with Crippen LogP contribution < -0.4 is 36.9 Å². The predicted molar refractivity (Wildman–Crippen MR) is 160 cm³/mol. The van der Waals surface area contributed by atoms with E-state index in [-0.39, 0.29) is 60.2 Å². The number of nitro benzene ring substituents is 2. The molecule has 0 radical (unpaired) electrons. The Bertz CT molecular complexity index is 1400. The van der Waals surface area contributed by atoms with Gasteiger partial charge in [0.15, 0.2) is 11.4 Å². The second-order valence-electron chi connectivity index (χ2n) is 9.04. The van der Waals surface area contributed by atoms with Gasteiger partial charge in [-0.3, -0.25) is 29.8 Å². The number of hydrogen-bond acceptors (Lipinski definition) is 12. The first kappa shape index (κ1) is 34.6. The molecule has 0 saturated heterocycles. The molecule has 17 nitrogen and oxygen atoms in total. The smallest absolute Gasteiger partial charge is 0.407 e. The third-order valence-corrected chi connectivity index (χ3v) is 5.88. The van der Waals surface area contributed by atoms with E-state index in [4.69, 9.17) is 25.7 Å². The lowest BCUT2D eigenvalue weighted by molar-refractivity contribution is -0.384. The van der Waals surface area contributed by atoms with Gasteiger partial charge in [0.05, 0.1) is 30.2 Å². The molecule has 0 fully saturated rings. The van der Waals surface area contributed by atoms with Crippen molar-refractivity contribution >= 4 is 40.7 Å². The van der Waals surface area contributed by atoms with Crippen LogP contribution >= 0.6 is 0 Å². The number of nitrogens with two attached hydrogens (primary N) is 2. The molecule has 0 aromatic heterocycles. The van der Waals surface area contributed by atoms with Gasteiger partial charge in [0.2, 0.25) is 11.8 Å². The van der Waals surface area contributed by atoms with E-state index in [2.05, 4.69) is 16.0 Å². The van der Waals surface area contributed by atoms with Gasteiger partial charge in [-0.15, -0.1) is 0 Å². The van der Waals surface area contributed by atoms with E-state index in [0.29, 0.717) is 13.0 Å². The van der Waals surface area contributed by atoms with Crippen LogP contribution in [-0.2, 0) is 4.74 Å². The molecule has 7 N–H and O–H groups in total. The van der Waals surface area contributed by atoms with Crippen LogP contribution in [0.3, 0.4) is 0 Å². The highest BCUT2D eigenvalue weighted by Crippen LogP contribution is 2.37. The van der Waals surface area contributed by atoms with E-state index in [0.717, 1.165) is 25.0 Å². The van der Waals surface area contributed by atoms with E-state index in [1.807, 2.05) is 6.92 Å². The normalized spacial score (nSPS) is 10.6. The quantitative estimate of drug-likeness (QED) is 0.0660. The van der Waals surface area contributed by atoms with Crippen molar-refractivity contribution in [3.8, 4) is 11.5 Å². The Morgan fingerprint density at radius 1 is 0.841 bits per heavy atom. The van der Waals surface area contributed by atoms with E-state index >= 15 is 0 Å². The van der Waals surface area contributed by atoms with Crippen molar-refractivity contribution in [2.75, 3.05) is 50.6 Å². The minimum atomic E-state index is -0.889. The Labute approximate surface area is 252 Å². The van der Waals surface area contributed by atoms with Crippen LogP contribution in [0.4, 0.5) is 27.5 Å². The van der Waals surface area contributed by atoms with Gasteiger partial charge < -0.3 is 41.6 Å². The number of carbonyl (C=O) groups excluding carboxylic acids is 3. The number of unbranched alkanes of at least 4 members (excludes halogenated alkanes) is 1. The molecular formula is C27H35N7O10. The third-order valence-electron chi connectivity index (χ3n) is 5.88. The van der Waals surface area contributed by atoms with Crippen molar-refractivity contribution < 1.29 is 38.4 Å². The molecule has 2 rings (SSSR count). The zero-order valence-electron chi connectivity index (χ0n) is 24.3. The van der Waals surface area contributed by atoms with E-state index in [9.17, 15) is 34.6 Å². The Hall–Kier alpha value is -5.61. The average Bonchev–Trinajstić information content (AvgIpc) is 2.98. The van der Waals surface area contributed by atoms with Gasteiger partial charge >= 0.3 is 6.09 Å². The topological polar surface area (TPSA) is 253 Å². The maximum Gasteiger partial charge on any atom is 0.407 e. The molecule has 17 heteroatoms. The molecule has 3 amide bonds. The standard InChI is InChI=1S/C27H35N7O10/c1-3-4-11-44-27(37)32-10-7-12-43-22-16-18(26(29)36)14-20(34(40)41)24(22)31-9-6-5-8-30-23-19(33(38)39)13-17(25(28)35)15-21(23)42-2/h5-6,13-16,30-31H,3-4,7-12H2,1-2H3,(H2,28,35)(H2,29,36)(H,32,37)/b6-5+. The molecule has 0 bridgehead atoms. The van der Waals surface area contributed by atoms with Crippen molar-refractivity contribution in [1.82, 2.24) is 5.32 Å². The van der Waals surface area contributed by atoms with Crippen LogP contribution in [0.25, 0.3) is 0 Å². The number of alkyl carbamates (subject to hydrolysis) is 1. The second kappa shape index (κ2) is 17.4. The summed E-state index contributed by atoms with van der Waals surface area (Å²) in [7, 11) is 1.28. The number of hydrogen-bond donors (Lipinski definition) is 5. The number of carbonyl (C=O) groups is 3. The number of amides is 3. The van der Waals surface area contributed by atoms with E-state index < -0.39 is 39.1 Å². The van der Waals surface area contributed by atoms with Crippen molar-refractivity contribution in [3.05, 3.63) is 67.8 Å². The Morgan fingerprint density at radius 3 is 1.84 bits per heavy atom. The maximum atomic E-state index is 11.8. The van der Waals surface area contributed by atoms with Gasteiger partial charge in [-0.1, -0.05) is 25.5 Å². The Balaban J connectivity index is 2.10. The molecule has 0 aliphatic carbocycles. The molecular weight excluding hydrogens is 582 g/mol. The van der Waals surface area contributed by atoms with Gasteiger partial charge in [0.1, 0.15) is 11.5 Å². The fraction of sp³-hybridized carbons (Fsp3) is 0.370. The summed E-state index contributed by atoms with van der Waals surface area (Å²) < 4.78 is 15.9. The fourth-order valence-corrected chi connectivity index (χ4v) is 3.70. The zero-order valence-corrected chi connectivity index (χ0v) is 24.3. The van der Waals surface area contributed by atoms with Crippen LogP contribution in [-0.4, -0.2) is 67.7 Å². The summed E-state index contributed by atoms with van der Waals surface area (Å²) in [5, 5.41) is 31.6. The number of ether oxygens (including phenoxy) is 3. The number of rotatable bonds is 19. The van der Waals surface area contributed by atoms with Crippen molar-refractivity contribution in [2.24, 2.45) is 11.5 Å². The number of methoxy groups -OCH3 is 1. The van der Waals surface area contributed by atoms with Gasteiger partial charge in [-0.2, -0.15) is 0 Å². The summed E-state index contributed by atoms with van der Waals surface area (Å²) in [6, 6.07) is 4.60. The highest BCUT2D eigenvalue weighted by Gasteiger charge is 2.23. The number of nitrogens with zero attached hydrogens (tertiary/aromatic N) is 2. The monoisotopic (exact) mass is 617 g/mol. The molecule has 0 aliphatic heterocycles. The molecule has 0 saturated carbocycles. The summed E-state index contributed by atoms with van der Waals surface area (Å²) >= 11 is 0. The largest absolute Gasteiger partial charge is 0.494 e. The van der Waals surface area contributed by atoms with Crippen LogP contribution in [0.1, 0.15) is 46.9 Å². The number of nitro groups is 2. The molecule has 0 atom stereocenters. The van der Waals surface area contributed by atoms with Crippen LogP contribution in [0, 0.1) is 20.2 Å². The highest BCUT2D eigenvalue weighted by atomic mass is 16.6. The van der Waals surface area contributed by atoms with Crippen molar-refractivity contribution in [3.63, 3.8) is 0 Å². The molecule has 238 valence electrons. The SMILES string of the molecule is CCCCOC(=O)NCCCOc1cc(C(N)=O)cc([N+](=O)[O-])c1NC/C=C/CNc1c(OC)cc(C(N)=O)cc1[N+](=O)[O-]. The lowest BCUT2D eigenvalue weighted by atomic mass is 10.1. The van der Waals surface area contributed by atoms with Gasteiger partial charge in [-0.25, -0.2) is 4.79 Å². The van der Waals surface area contributed by atoms with Crippen LogP contribution in [0.5, 0.6) is 11.5 Å². The van der Waals surface area contributed by atoms with Gasteiger partial charge in [0.25, 0.3) is 11.4 Å². The van der Waals surface area contributed by atoms with Crippen LogP contribution in [0.15, 0.2) is 36.4 Å². The first-order valence-corrected chi connectivity index (χ1v) is 13.4. The summed E-state index contributed by atoms with van der Waals surface area (Å²) in [5.74, 6) is -1.71. The van der Waals surface area contributed by atoms with Crippen molar-refractivity contribution in [2.45, 2.75) is 26.2 Å². The first-order valence-electron chi connectivity index (χ1n) is 13.4. The lowest BCUT2D eigenvalue weighted by Crippen LogP contribution is -2.26. The highest BCUT2D eigenvalue weighted by molar-refractivity contribution is 5.96. The first-order chi connectivity index (χ1) is 21.0. The Morgan fingerprint density at radius 2 is 1.36 bits per heavy atom. The number of primary amides is 2. The molecule has 0 spiro atoms. The van der Waals surface area contributed by atoms with Gasteiger partial charge in [-0.05, 0) is 25.0 Å². The minimum absolute atomic E-state index is 0.0000471. The molecule has 2 aromatic carbocycles. The predicted octanol–water partition coefficient (Wildman–Crippen LogP) is 3.08. The minimum Gasteiger partial charge on any atom is -0.494 e. The lowest BCUT2D eigenvalue weighted by Gasteiger charge is -2.14. The summed E-state index contributed by atoms with van der Waals surface area (Å²) in [6.07, 6.45) is 4.58. The summed E-state index contributed by atoms with van der Waals surface area (Å²) in [4.78, 5) is 56.9. The molecule has 44 heavy (non-hydrogen) atoms. The third kappa shape index (κ3) is 10.3. The average molecular weight is 618 g/mol.